The average Bonchev–Trinajstić information content (AvgIpc) is 2.78. The second-order valence-corrected chi connectivity index (χ2v) is 9.71. The van der Waals surface area contributed by atoms with Crippen LogP contribution in [0, 0.1) is 0 Å². The molecule has 0 radical (unpaired) electrons. The molecule has 0 aromatic heterocycles. The molecule has 0 aliphatic heterocycles. The van der Waals surface area contributed by atoms with Crippen LogP contribution in [0.3, 0.4) is 0 Å². The van der Waals surface area contributed by atoms with E-state index in [4.69, 9.17) is 9.31 Å². The predicted octanol–water partition coefficient (Wildman–Crippen LogP) is 9.69. The molecule has 0 saturated heterocycles. The maximum atomic E-state index is 5.61. The van der Waals surface area contributed by atoms with Crippen LogP contribution in [0.4, 0.5) is 0 Å². The maximum absolute atomic E-state index is 5.61. The Bertz CT molecular complexity index is 271. The van der Waals surface area contributed by atoms with Crippen LogP contribution >= 0.6 is 0 Å². The average molecular weight is 439 g/mol. The molecule has 186 valence electrons. The third-order valence-corrected chi connectivity index (χ3v) is 6.45. The molecule has 0 rings (SSSR count). The van der Waals surface area contributed by atoms with Crippen molar-refractivity contribution in [1.82, 2.24) is 0 Å². The van der Waals surface area contributed by atoms with E-state index in [9.17, 15) is 0 Å². The van der Waals surface area contributed by atoms with Crippen molar-refractivity contribution in [2.45, 2.75) is 168 Å². The van der Waals surface area contributed by atoms with Gasteiger partial charge in [-0.3, -0.25) is 0 Å². The fourth-order valence-corrected chi connectivity index (χ4v) is 4.27. The second kappa shape index (κ2) is 30.0. The van der Waals surface area contributed by atoms with Gasteiger partial charge in [-0.05, 0) is 12.8 Å². The summed E-state index contributed by atoms with van der Waals surface area (Å²) in [6, 6.07) is 0. The van der Waals surface area contributed by atoms with Gasteiger partial charge in [-0.25, -0.2) is 0 Å². The summed E-state index contributed by atoms with van der Waals surface area (Å²) in [7, 11) is 0.496. The number of rotatable bonds is 28. The Kier molecular flexibility index (Phi) is 30.0. The van der Waals surface area contributed by atoms with Gasteiger partial charge in [-0.2, -0.15) is 0 Å². The van der Waals surface area contributed by atoms with E-state index in [-0.39, 0.29) is 0 Å². The molecular formula is C28H59BO2. The molecule has 3 heteroatoms. The van der Waals surface area contributed by atoms with Crippen molar-refractivity contribution in [3.05, 3.63) is 0 Å². The lowest BCUT2D eigenvalue weighted by Crippen LogP contribution is -2.07. The molecule has 0 aromatic carbocycles. The first-order chi connectivity index (χ1) is 15.4. The van der Waals surface area contributed by atoms with Crippen molar-refractivity contribution in [2.75, 3.05) is 13.2 Å². The highest BCUT2D eigenvalue weighted by molar-refractivity contribution is 6.17. The maximum Gasteiger partial charge on any atom is 0.438 e. The first-order valence-corrected chi connectivity index (χ1v) is 14.6. The Labute approximate surface area is 198 Å². The Hall–Kier alpha value is -0.0151. The van der Waals surface area contributed by atoms with Crippen LogP contribution in [0.5, 0.6) is 0 Å². The first-order valence-electron chi connectivity index (χ1n) is 14.6. The summed E-state index contributed by atoms with van der Waals surface area (Å²) in [4.78, 5) is 0. The molecule has 0 unspecified atom stereocenters. The first kappa shape index (κ1) is 31.0. The van der Waals surface area contributed by atoms with E-state index in [0.29, 0.717) is 7.69 Å². The highest BCUT2D eigenvalue weighted by Crippen LogP contribution is 2.13. The minimum atomic E-state index is 0.496. The van der Waals surface area contributed by atoms with Gasteiger partial charge in [0.15, 0.2) is 0 Å². The van der Waals surface area contributed by atoms with Crippen molar-refractivity contribution in [1.29, 1.82) is 0 Å². The predicted molar refractivity (Wildman–Crippen MR) is 141 cm³/mol. The van der Waals surface area contributed by atoms with E-state index >= 15 is 0 Å². The largest absolute Gasteiger partial charge is 0.438 e. The molecule has 31 heavy (non-hydrogen) atoms. The summed E-state index contributed by atoms with van der Waals surface area (Å²) in [5.74, 6) is 0. The topological polar surface area (TPSA) is 18.5 Å². The van der Waals surface area contributed by atoms with Gasteiger partial charge >= 0.3 is 7.69 Å². The fourth-order valence-electron chi connectivity index (χ4n) is 4.27. The molecule has 0 atom stereocenters. The number of hydrogen-bond acceptors (Lipinski definition) is 2. The smallest absolute Gasteiger partial charge is 0.414 e. The van der Waals surface area contributed by atoms with E-state index < -0.39 is 0 Å². The van der Waals surface area contributed by atoms with E-state index in [1.54, 1.807) is 0 Å². The zero-order valence-electron chi connectivity index (χ0n) is 21.9. The van der Waals surface area contributed by atoms with Crippen LogP contribution in [-0.4, -0.2) is 20.9 Å². The summed E-state index contributed by atoms with van der Waals surface area (Å²) in [5, 5.41) is 0. The normalized spacial score (nSPS) is 11.3. The van der Waals surface area contributed by atoms with Crippen LogP contribution < -0.4 is 0 Å². The quantitative estimate of drug-likeness (QED) is 0.0894. The van der Waals surface area contributed by atoms with E-state index in [1.165, 1.54) is 154 Å². The molecule has 0 heterocycles. The van der Waals surface area contributed by atoms with Gasteiger partial charge in [0.05, 0.1) is 0 Å². The molecule has 0 aromatic rings. The van der Waals surface area contributed by atoms with Crippen LogP contribution in [0.25, 0.3) is 0 Å². The minimum Gasteiger partial charge on any atom is -0.414 e. The van der Waals surface area contributed by atoms with Crippen molar-refractivity contribution in [3.8, 4) is 0 Å². The molecule has 0 bridgehead atoms. The SMILES string of the molecule is CCCCCCCCCCCCCCOBOCCCCCCCCCCCCCC. The second-order valence-electron chi connectivity index (χ2n) is 9.71. The molecule has 0 N–H and O–H groups in total. The van der Waals surface area contributed by atoms with Gasteiger partial charge in [0.2, 0.25) is 0 Å². The molecular weight excluding hydrogens is 379 g/mol. The summed E-state index contributed by atoms with van der Waals surface area (Å²) >= 11 is 0. The summed E-state index contributed by atoms with van der Waals surface area (Å²) in [6.45, 7) is 6.32. The lowest BCUT2D eigenvalue weighted by Gasteiger charge is -2.06. The minimum absolute atomic E-state index is 0.496. The van der Waals surface area contributed by atoms with E-state index in [0.717, 1.165) is 13.2 Å². The van der Waals surface area contributed by atoms with Crippen molar-refractivity contribution in [2.24, 2.45) is 0 Å². The van der Waals surface area contributed by atoms with E-state index in [1.807, 2.05) is 0 Å². The monoisotopic (exact) mass is 438 g/mol. The lowest BCUT2D eigenvalue weighted by molar-refractivity contribution is 0.213. The Morgan fingerprint density at radius 2 is 0.548 bits per heavy atom. The Morgan fingerprint density at radius 1 is 0.323 bits per heavy atom. The van der Waals surface area contributed by atoms with Crippen molar-refractivity contribution in [3.63, 3.8) is 0 Å². The molecule has 2 nitrogen and oxygen atoms in total. The van der Waals surface area contributed by atoms with Gasteiger partial charge in [-0.1, -0.05) is 155 Å². The Balaban J connectivity index is 2.98. The highest BCUT2D eigenvalue weighted by Gasteiger charge is 1.97. The van der Waals surface area contributed by atoms with Gasteiger partial charge in [0.1, 0.15) is 0 Å². The molecule has 0 saturated carbocycles. The van der Waals surface area contributed by atoms with Gasteiger partial charge < -0.3 is 9.31 Å². The van der Waals surface area contributed by atoms with Gasteiger partial charge in [-0.15, -0.1) is 0 Å². The van der Waals surface area contributed by atoms with Crippen LogP contribution in [-0.2, 0) is 9.31 Å². The molecule has 0 spiro atoms. The summed E-state index contributed by atoms with van der Waals surface area (Å²) < 4.78 is 11.2. The van der Waals surface area contributed by atoms with Crippen molar-refractivity contribution >= 4 is 7.69 Å². The zero-order chi connectivity index (χ0) is 22.5. The Morgan fingerprint density at radius 3 is 0.806 bits per heavy atom. The lowest BCUT2D eigenvalue weighted by atomic mass is 10.1. The molecule has 0 aliphatic carbocycles. The molecule has 0 amide bonds. The number of hydrogen-bond donors (Lipinski definition) is 0. The third kappa shape index (κ3) is 30.0. The van der Waals surface area contributed by atoms with Gasteiger partial charge in [0, 0.05) is 13.2 Å². The highest BCUT2D eigenvalue weighted by atomic mass is 16.6. The van der Waals surface area contributed by atoms with Crippen LogP contribution in [0.15, 0.2) is 0 Å². The molecule has 0 fully saturated rings. The fraction of sp³-hybridized carbons (Fsp3) is 1.00. The third-order valence-electron chi connectivity index (χ3n) is 6.45. The van der Waals surface area contributed by atoms with E-state index in [2.05, 4.69) is 13.8 Å². The molecule has 0 aliphatic rings. The number of unbranched alkanes of at least 4 members (excludes halogenated alkanes) is 22. The zero-order valence-corrected chi connectivity index (χ0v) is 21.9. The van der Waals surface area contributed by atoms with Crippen molar-refractivity contribution < 1.29 is 9.31 Å². The summed E-state index contributed by atoms with van der Waals surface area (Å²) in [6.07, 6.45) is 33.5. The van der Waals surface area contributed by atoms with Gasteiger partial charge in [0.25, 0.3) is 0 Å². The standard InChI is InChI=1S/C28H59BO2/c1-3-5-7-9-11-13-15-17-19-21-23-25-27-30-29-31-28-26-24-22-20-18-16-14-12-10-8-6-4-2/h29H,3-28H2,1-2H3. The van der Waals surface area contributed by atoms with Crippen LogP contribution in [0.2, 0.25) is 0 Å². The van der Waals surface area contributed by atoms with Crippen LogP contribution in [0.1, 0.15) is 168 Å². The summed E-state index contributed by atoms with van der Waals surface area (Å²) in [5.41, 5.74) is 0.